The Kier molecular flexibility index (Phi) is 5.67. The predicted molar refractivity (Wildman–Crippen MR) is 93.2 cm³/mol. The van der Waals surface area contributed by atoms with Crippen LogP contribution in [0.1, 0.15) is 22.0 Å². The summed E-state index contributed by atoms with van der Waals surface area (Å²) >= 11 is 7.63. The second-order valence-corrected chi connectivity index (χ2v) is 6.66. The SMILES string of the molecule is O=C(NCC(c1ccsc1)N1CCOCC1)c1cccc(Cl)c1. The molecule has 6 heteroatoms. The summed E-state index contributed by atoms with van der Waals surface area (Å²) in [4.78, 5) is 14.7. The third kappa shape index (κ3) is 4.32. The van der Waals surface area contributed by atoms with Crippen molar-refractivity contribution in [2.75, 3.05) is 32.8 Å². The number of halogens is 1. The highest BCUT2D eigenvalue weighted by Crippen LogP contribution is 2.23. The third-order valence-electron chi connectivity index (χ3n) is 3.96. The Hall–Kier alpha value is -1.40. The molecule has 2 aromatic rings. The van der Waals surface area contributed by atoms with Crippen molar-refractivity contribution in [1.82, 2.24) is 10.2 Å². The number of nitrogens with one attached hydrogen (secondary N) is 1. The zero-order valence-electron chi connectivity index (χ0n) is 12.7. The molecule has 1 saturated heterocycles. The first-order chi connectivity index (χ1) is 11.2. The second-order valence-electron chi connectivity index (χ2n) is 5.44. The highest BCUT2D eigenvalue weighted by molar-refractivity contribution is 7.07. The fraction of sp³-hybridized carbons (Fsp3) is 0.353. The van der Waals surface area contributed by atoms with Crippen molar-refractivity contribution < 1.29 is 9.53 Å². The van der Waals surface area contributed by atoms with Crippen molar-refractivity contribution in [3.8, 4) is 0 Å². The smallest absolute Gasteiger partial charge is 0.251 e. The topological polar surface area (TPSA) is 41.6 Å². The average molecular weight is 351 g/mol. The Morgan fingerprint density at radius 1 is 1.35 bits per heavy atom. The molecule has 3 rings (SSSR count). The van der Waals surface area contributed by atoms with Crippen LogP contribution in [0.2, 0.25) is 5.02 Å². The van der Waals surface area contributed by atoms with Gasteiger partial charge in [-0.15, -0.1) is 0 Å². The summed E-state index contributed by atoms with van der Waals surface area (Å²) in [5, 5.41) is 7.82. The molecule has 1 fully saturated rings. The quantitative estimate of drug-likeness (QED) is 0.900. The minimum Gasteiger partial charge on any atom is -0.379 e. The van der Waals surface area contributed by atoms with E-state index in [4.69, 9.17) is 16.3 Å². The molecule has 1 aliphatic heterocycles. The van der Waals surface area contributed by atoms with Gasteiger partial charge in [0.2, 0.25) is 0 Å². The van der Waals surface area contributed by atoms with Crippen LogP contribution in [0.5, 0.6) is 0 Å². The van der Waals surface area contributed by atoms with E-state index in [0.717, 1.165) is 26.3 Å². The number of nitrogens with zero attached hydrogens (tertiary/aromatic N) is 1. The predicted octanol–water partition coefficient (Wildman–Crippen LogP) is 3.20. The standard InChI is InChI=1S/C17H19ClN2O2S/c18-15-3-1-2-13(10-15)17(21)19-11-16(14-4-9-23-12-14)20-5-7-22-8-6-20/h1-4,9-10,12,16H,5-8,11H2,(H,19,21). The van der Waals surface area contributed by atoms with Gasteiger partial charge in [-0.05, 0) is 40.6 Å². The fourth-order valence-corrected chi connectivity index (χ4v) is 3.63. The van der Waals surface area contributed by atoms with Gasteiger partial charge in [-0.3, -0.25) is 9.69 Å². The number of benzene rings is 1. The summed E-state index contributed by atoms with van der Waals surface area (Å²) in [6.07, 6.45) is 0. The molecule has 1 aliphatic rings. The average Bonchev–Trinajstić information content (AvgIpc) is 3.10. The molecular weight excluding hydrogens is 332 g/mol. The number of hydrogen-bond acceptors (Lipinski definition) is 4. The molecule has 0 spiro atoms. The molecule has 1 atom stereocenters. The molecule has 1 amide bonds. The first-order valence-electron chi connectivity index (χ1n) is 7.62. The van der Waals surface area contributed by atoms with E-state index >= 15 is 0 Å². The Labute approximate surface area is 145 Å². The second kappa shape index (κ2) is 7.93. The van der Waals surface area contributed by atoms with Crippen LogP contribution in [0.15, 0.2) is 41.1 Å². The van der Waals surface area contributed by atoms with E-state index in [1.165, 1.54) is 5.56 Å². The Balaban J connectivity index is 1.67. The summed E-state index contributed by atoms with van der Waals surface area (Å²) in [5.41, 5.74) is 1.83. The first kappa shape index (κ1) is 16.5. The van der Waals surface area contributed by atoms with Crippen LogP contribution in [-0.2, 0) is 4.74 Å². The molecular formula is C17H19ClN2O2S. The number of carbonyl (C=O) groups excluding carboxylic acids is 1. The van der Waals surface area contributed by atoms with Crippen molar-refractivity contribution in [2.24, 2.45) is 0 Å². The van der Waals surface area contributed by atoms with Crippen LogP contribution >= 0.6 is 22.9 Å². The largest absolute Gasteiger partial charge is 0.379 e. The zero-order valence-corrected chi connectivity index (χ0v) is 14.3. The van der Waals surface area contributed by atoms with E-state index in [0.29, 0.717) is 17.1 Å². The Morgan fingerprint density at radius 3 is 2.87 bits per heavy atom. The number of morpholine rings is 1. The maximum atomic E-state index is 12.3. The van der Waals surface area contributed by atoms with Gasteiger partial charge in [0.25, 0.3) is 5.91 Å². The zero-order chi connectivity index (χ0) is 16.1. The van der Waals surface area contributed by atoms with E-state index in [-0.39, 0.29) is 11.9 Å². The summed E-state index contributed by atoms with van der Waals surface area (Å²) in [5.74, 6) is -0.0963. The van der Waals surface area contributed by atoms with Gasteiger partial charge < -0.3 is 10.1 Å². The molecule has 0 aliphatic carbocycles. The number of carbonyl (C=O) groups is 1. The van der Waals surface area contributed by atoms with Crippen molar-refractivity contribution >= 4 is 28.8 Å². The van der Waals surface area contributed by atoms with Crippen LogP contribution in [-0.4, -0.2) is 43.7 Å². The maximum Gasteiger partial charge on any atom is 0.251 e. The van der Waals surface area contributed by atoms with Crippen LogP contribution in [0.25, 0.3) is 0 Å². The van der Waals surface area contributed by atoms with Crippen LogP contribution in [0.4, 0.5) is 0 Å². The molecule has 1 N–H and O–H groups in total. The van der Waals surface area contributed by atoms with Gasteiger partial charge >= 0.3 is 0 Å². The lowest BCUT2D eigenvalue weighted by atomic mass is 10.1. The van der Waals surface area contributed by atoms with E-state index < -0.39 is 0 Å². The van der Waals surface area contributed by atoms with Gasteiger partial charge in [-0.25, -0.2) is 0 Å². The lowest BCUT2D eigenvalue weighted by Gasteiger charge is -2.34. The molecule has 1 aromatic carbocycles. The summed E-state index contributed by atoms with van der Waals surface area (Å²) in [6.45, 7) is 3.81. The van der Waals surface area contributed by atoms with Crippen LogP contribution in [0.3, 0.4) is 0 Å². The number of thiophene rings is 1. The number of rotatable bonds is 5. The van der Waals surface area contributed by atoms with E-state index in [2.05, 4.69) is 27.0 Å². The van der Waals surface area contributed by atoms with E-state index in [1.807, 2.05) is 0 Å². The maximum absolute atomic E-state index is 12.3. The molecule has 0 bridgehead atoms. The lowest BCUT2D eigenvalue weighted by molar-refractivity contribution is 0.0163. The first-order valence-corrected chi connectivity index (χ1v) is 8.94. The van der Waals surface area contributed by atoms with Gasteiger partial charge in [-0.1, -0.05) is 17.7 Å². The molecule has 0 radical (unpaired) electrons. The normalized spacial score (nSPS) is 16.9. The number of amides is 1. The van der Waals surface area contributed by atoms with Gasteiger partial charge in [0, 0.05) is 30.2 Å². The number of ether oxygens (including phenoxy) is 1. The van der Waals surface area contributed by atoms with Crippen molar-refractivity contribution in [3.63, 3.8) is 0 Å². The van der Waals surface area contributed by atoms with Crippen molar-refractivity contribution in [1.29, 1.82) is 0 Å². The minimum absolute atomic E-state index is 0.0963. The summed E-state index contributed by atoms with van der Waals surface area (Å²) in [7, 11) is 0. The van der Waals surface area contributed by atoms with Crippen LogP contribution < -0.4 is 5.32 Å². The Bertz CT molecular complexity index is 642. The molecule has 1 unspecified atom stereocenters. The van der Waals surface area contributed by atoms with Crippen molar-refractivity contribution in [3.05, 3.63) is 57.2 Å². The lowest BCUT2D eigenvalue weighted by Crippen LogP contribution is -2.43. The molecule has 122 valence electrons. The summed E-state index contributed by atoms with van der Waals surface area (Å²) in [6, 6.07) is 9.31. The van der Waals surface area contributed by atoms with Crippen molar-refractivity contribution in [2.45, 2.75) is 6.04 Å². The molecule has 23 heavy (non-hydrogen) atoms. The fourth-order valence-electron chi connectivity index (χ4n) is 2.73. The Morgan fingerprint density at radius 2 is 2.17 bits per heavy atom. The van der Waals surface area contributed by atoms with E-state index in [9.17, 15) is 4.79 Å². The monoisotopic (exact) mass is 350 g/mol. The highest BCUT2D eigenvalue weighted by Gasteiger charge is 2.23. The van der Waals surface area contributed by atoms with Gasteiger partial charge in [0.1, 0.15) is 0 Å². The minimum atomic E-state index is -0.0963. The highest BCUT2D eigenvalue weighted by atomic mass is 35.5. The summed E-state index contributed by atoms with van der Waals surface area (Å²) < 4.78 is 5.43. The number of hydrogen-bond donors (Lipinski definition) is 1. The molecule has 1 aromatic heterocycles. The molecule has 2 heterocycles. The van der Waals surface area contributed by atoms with Gasteiger partial charge in [0.05, 0.1) is 19.3 Å². The third-order valence-corrected chi connectivity index (χ3v) is 4.89. The molecule has 4 nitrogen and oxygen atoms in total. The molecule has 0 saturated carbocycles. The van der Waals surface area contributed by atoms with Gasteiger partial charge in [-0.2, -0.15) is 11.3 Å². The van der Waals surface area contributed by atoms with Crippen LogP contribution in [0, 0.1) is 0 Å². The van der Waals surface area contributed by atoms with E-state index in [1.54, 1.807) is 35.6 Å². The van der Waals surface area contributed by atoms with Gasteiger partial charge in [0.15, 0.2) is 0 Å².